The van der Waals surface area contributed by atoms with Crippen LogP contribution < -0.4 is 5.11 Å². The third kappa shape index (κ3) is 2.81. The number of carbonyl (C=O) groups is 1. The molecule has 0 saturated heterocycles. The normalized spacial score (nSPS) is 14.9. The van der Waals surface area contributed by atoms with Crippen molar-refractivity contribution >= 4 is 37.8 Å². The van der Waals surface area contributed by atoms with Gasteiger partial charge in [0.15, 0.2) is 0 Å². The lowest BCUT2D eigenvalue weighted by Gasteiger charge is -2.17. The van der Waals surface area contributed by atoms with E-state index < -0.39 is 10.8 Å². The molecule has 1 aromatic carbocycles. The van der Waals surface area contributed by atoms with Gasteiger partial charge in [-0.15, -0.1) is 0 Å². The van der Waals surface area contributed by atoms with Crippen LogP contribution in [0.5, 0.6) is 0 Å². The summed E-state index contributed by atoms with van der Waals surface area (Å²) in [5.41, 5.74) is 0.911. The number of hydrogen-bond acceptors (Lipinski definition) is 2. The van der Waals surface area contributed by atoms with E-state index in [1.54, 1.807) is 0 Å². The molecule has 0 aliphatic carbocycles. The molecule has 13 heavy (non-hydrogen) atoms. The highest BCUT2D eigenvalue weighted by atomic mass is 79.9. The molecule has 0 aliphatic heterocycles. The number of alkyl halides is 2. The zero-order valence-corrected chi connectivity index (χ0v) is 9.79. The molecule has 2 atom stereocenters. The molecule has 1 rings (SSSR count). The van der Waals surface area contributed by atoms with E-state index in [-0.39, 0.29) is 4.83 Å². The summed E-state index contributed by atoms with van der Waals surface area (Å²) in [5.74, 6) is -1.12. The largest absolute Gasteiger partial charge is 0.549 e. The van der Waals surface area contributed by atoms with Crippen LogP contribution >= 0.6 is 31.9 Å². The highest BCUT2D eigenvalue weighted by Crippen LogP contribution is 2.30. The van der Waals surface area contributed by atoms with Crippen LogP contribution in [-0.4, -0.2) is 10.8 Å². The minimum absolute atomic E-state index is 0.265. The lowest BCUT2D eigenvalue weighted by molar-refractivity contribution is -0.304. The maximum absolute atomic E-state index is 10.5. The predicted molar refractivity (Wildman–Crippen MR) is 55.8 cm³/mol. The minimum Gasteiger partial charge on any atom is -0.549 e. The van der Waals surface area contributed by atoms with E-state index in [9.17, 15) is 9.90 Å². The Balaban J connectivity index is 2.79. The summed E-state index contributed by atoms with van der Waals surface area (Å²) in [7, 11) is 0. The van der Waals surface area contributed by atoms with E-state index in [2.05, 4.69) is 31.9 Å². The van der Waals surface area contributed by atoms with Gasteiger partial charge >= 0.3 is 0 Å². The van der Waals surface area contributed by atoms with Crippen LogP contribution in [-0.2, 0) is 4.79 Å². The molecule has 0 amide bonds. The Labute approximate surface area is 93.2 Å². The molecule has 2 nitrogen and oxygen atoms in total. The van der Waals surface area contributed by atoms with Crippen LogP contribution in [0.15, 0.2) is 30.3 Å². The molecule has 0 N–H and O–H groups in total. The Morgan fingerprint density at radius 3 is 2.23 bits per heavy atom. The first-order valence-electron chi connectivity index (χ1n) is 3.67. The number of carboxylic acid groups (broad SMARTS) is 1. The Morgan fingerprint density at radius 2 is 1.77 bits per heavy atom. The smallest absolute Gasteiger partial charge is 0.0707 e. The zero-order chi connectivity index (χ0) is 9.84. The summed E-state index contributed by atoms with van der Waals surface area (Å²) in [4.78, 5) is 9.55. The van der Waals surface area contributed by atoms with E-state index in [1.807, 2.05) is 30.3 Å². The summed E-state index contributed by atoms with van der Waals surface area (Å²) < 4.78 is 0. The number of hydrogen-bond donors (Lipinski definition) is 0. The van der Waals surface area contributed by atoms with Crippen molar-refractivity contribution in [3.05, 3.63) is 35.9 Å². The number of carbonyl (C=O) groups excluding carboxylic acids is 1. The molecule has 0 unspecified atom stereocenters. The van der Waals surface area contributed by atoms with Gasteiger partial charge in [-0.1, -0.05) is 62.2 Å². The molecule has 0 fully saturated rings. The number of halogens is 2. The molecule has 0 saturated carbocycles. The van der Waals surface area contributed by atoms with Gasteiger partial charge in [0, 0.05) is 0 Å². The fraction of sp³-hybridized carbons (Fsp3) is 0.222. The average molecular weight is 307 g/mol. The molecular weight excluding hydrogens is 300 g/mol. The molecule has 70 valence electrons. The Kier molecular flexibility index (Phi) is 3.93. The van der Waals surface area contributed by atoms with Gasteiger partial charge in [-0.2, -0.15) is 0 Å². The van der Waals surface area contributed by atoms with Gasteiger partial charge < -0.3 is 9.90 Å². The lowest BCUT2D eigenvalue weighted by Crippen LogP contribution is -2.34. The highest BCUT2D eigenvalue weighted by molar-refractivity contribution is 9.12. The second kappa shape index (κ2) is 4.77. The maximum Gasteiger partial charge on any atom is 0.0707 e. The van der Waals surface area contributed by atoms with E-state index in [1.165, 1.54) is 0 Å². The average Bonchev–Trinajstić information content (AvgIpc) is 2.17. The van der Waals surface area contributed by atoms with Gasteiger partial charge in [0.05, 0.1) is 15.6 Å². The molecule has 0 aromatic heterocycles. The highest BCUT2D eigenvalue weighted by Gasteiger charge is 2.17. The second-order valence-corrected chi connectivity index (χ2v) is 4.51. The van der Waals surface area contributed by atoms with Crippen LogP contribution in [0, 0.1) is 0 Å². The quantitative estimate of drug-likeness (QED) is 0.797. The SMILES string of the molecule is O=C([O-])[C@H](Br)[C@H](Br)c1ccccc1. The fourth-order valence-electron chi connectivity index (χ4n) is 0.925. The second-order valence-electron chi connectivity index (χ2n) is 2.53. The summed E-state index contributed by atoms with van der Waals surface area (Å²) >= 11 is 6.32. The van der Waals surface area contributed by atoms with Crippen molar-refractivity contribution in [2.24, 2.45) is 0 Å². The number of benzene rings is 1. The molecule has 0 bridgehead atoms. The standard InChI is InChI=1S/C9H8Br2O2/c10-7(8(11)9(12)13)6-4-2-1-3-5-6/h1-5,7-8H,(H,12,13)/p-1/t7-,8-/m1/s1. The van der Waals surface area contributed by atoms with Gasteiger partial charge in [-0.3, -0.25) is 0 Å². The Hall–Kier alpha value is -0.350. The minimum atomic E-state index is -1.12. The van der Waals surface area contributed by atoms with Crippen LogP contribution in [0.1, 0.15) is 10.4 Å². The van der Waals surface area contributed by atoms with E-state index in [0.29, 0.717) is 0 Å². The van der Waals surface area contributed by atoms with E-state index in [0.717, 1.165) is 5.56 Å². The summed E-state index contributed by atoms with van der Waals surface area (Å²) in [5, 5.41) is 10.5. The summed E-state index contributed by atoms with van der Waals surface area (Å²) in [6.07, 6.45) is 0. The zero-order valence-electron chi connectivity index (χ0n) is 6.61. The molecule has 0 heterocycles. The number of rotatable bonds is 3. The molecule has 0 spiro atoms. The number of aliphatic carboxylic acids is 1. The van der Waals surface area contributed by atoms with Crippen molar-refractivity contribution in [1.29, 1.82) is 0 Å². The molecular formula is C9H7Br2O2-. The van der Waals surface area contributed by atoms with Crippen molar-refractivity contribution in [3.8, 4) is 0 Å². The topological polar surface area (TPSA) is 40.1 Å². The van der Waals surface area contributed by atoms with Crippen molar-refractivity contribution in [3.63, 3.8) is 0 Å². The first kappa shape index (κ1) is 10.7. The van der Waals surface area contributed by atoms with Gasteiger partial charge in [0.1, 0.15) is 0 Å². The predicted octanol–water partition coefficient (Wildman–Crippen LogP) is 1.64. The molecule has 4 heteroatoms. The first-order valence-corrected chi connectivity index (χ1v) is 5.50. The fourth-order valence-corrected chi connectivity index (χ4v) is 1.75. The third-order valence-corrected chi connectivity index (χ3v) is 4.27. The van der Waals surface area contributed by atoms with Crippen LogP contribution in [0.4, 0.5) is 0 Å². The lowest BCUT2D eigenvalue weighted by atomic mass is 10.1. The third-order valence-electron chi connectivity index (χ3n) is 1.60. The number of carboxylic acids is 1. The van der Waals surface area contributed by atoms with Crippen LogP contribution in [0.3, 0.4) is 0 Å². The molecule has 0 radical (unpaired) electrons. The van der Waals surface area contributed by atoms with E-state index in [4.69, 9.17) is 0 Å². The van der Waals surface area contributed by atoms with Crippen molar-refractivity contribution in [1.82, 2.24) is 0 Å². The van der Waals surface area contributed by atoms with Gasteiger partial charge in [-0.25, -0.2) is 0 Å². The molecule has 0 aliphatic rings. The Bertz CT molecular complexity index is 287. The van der Waals surface area contributed by atoms with Crippen molar-refractivity contribution in [2.45, 2.75) is 9.65 Å². The summed E-state index contributed by atoms with van der Waals surface area (Å²) in [6, 6.07) is 9.32. The van der Waals surface area contributed by atoms with Gasteiger partial charge in [0.25, 0.3) is 0 Å². The van der Waals surface area contributed by atoms with Crippen LogP contribution in [0.25, 0.3) is 0 Å². The monoisotopic (exact) mass is 305 g/mol. The Morgan fingerprint density at radius 1 is 1.23 bits per heavy atom. The van der Waals surface area contributed by atoms with Crippen LogP contribution in [0.2, 0.25) is 0 Å². The van der Waals surface area contributed by atoms with Gasteiger partial charge in [-0.05, 0) is 5.56 Å². The first-order chi connectivity index (χ1) is 6.13. The maximum atomic E-state index is 10.5. The van der Waals surface area contributed by atoms with Gasteiger partial charge in [0.2, 0.25) is 0 Å². The molecule has 1 aromatic rings. The summed E-state index contributed by atoms with van der Waals surface area (Å²) in [6.45, 7) is 0. The van der Waals surface area contributed by atoms with Crippen molar-refractivity contribution < 1.29 is 9.90 Å². The van der Waals surface area contributed by atoms with E-state index >= 15 is 0 Å². The van der Waals surface area contributed by atoms with Crippen molar-refractivity contribution in [2.75, 3.05) is 0 Å².